The van der Waals surface area contributed by atoms with Gasteiger partial charge in [-0.05, 0) is 55.3 Å². The second-order valence-corrected chi connectivity index (χ2v) is 8.25. The van der Waals surface area contributed by atoms with Crippen LogP contribution < -0.4 is 14.4 Å². The number of ether oxygens (including phenoxy) is 2. The Balaban J connectivity index is 1.82. The van der Waals surface area contributed by atoms with E-state index in [1.165, 1.54) is 16.9 Å². The normalized spacial score (nSPS) is 10.8. The third-order valence-corrected chi connectivity index (χ3v) is 5.96. The summed E-state index contributed by atoms with van der Waals surface area (Å²) in [5.41, 5.74) is 4.40. The molecule has 31 heavy (non-hydrogen) atoms. The average molecular weight is 434 g/mol. The fourth-order valence-electron chi connectivity index (χ4n) is 3.44. The Morgan fingerprint density at radius 1 is 1.03 bits per heavy atom. The smallest absolute Gasteiger partial charge is 0.260 e. The van der Waals surface area contributed by atoms with Crippen LogP contribution in [0.2, 0.25) is 0 Å². The van der Waals surface area contributed by atoms with E-state index in [1.807, 2.05) is 25.1 Å². The van der Waals surface area contributed by atoms with Crippen molar-refractivity contribution in [1.82, 2.24) is 9.97 Å². The van der Waals surface area contributed by atoms with Crippen LogP contribution in [0.4, 0.5) is 5.13 Å². The van der Waals surface area contributed by atoms with E-state index in [9.17, 15) is 4.79 Å². The van der Waals surface area contributed by atoms with E-state index in [-0.39, 0.29) is 5.91 Å². The number of fused-ring (bicyclic) bond motifs is 1. The van der Waals surface area contributed by atoms with Crippen molar-refractivity contribution in [2.45, 2.75) is 20.4 Å². The van der Waals surface area contributed by atoms with Crippen molar-refractivity contribution in [1.29, 1.82) is 0 Å². The summed E-state index contributed by atoms with van der Waals surface area (Å²) in [7, 11) is 3.13. The second kappa shape index (κ2) is 8.73. The van der Waals surface area contributed by atoms with Gasteiger partial charge in [0.25, 0.3) is 5.91 Å². The monoisotopic (exact) mass is 433 g/mol. The van der Waals surface area contributed by atoms with Gasteiger partial charge in [-0.2, -0.15) is 0 Å². The van der Waals surface area contributed by atoms with Crippen molar-refractivity contribution in [2.24, 2.45) is 0 Å². The molecule has 4 rings (SSSR count). The number of amides is 1. The van der Waals surface area contributed by atoms with Crippen molar-refractivity contribution in [3.8, 4) is 11.5 Å². The maximum atomic E-state index is 13.7. The number of aromatic nitrogens is 2. The molecule has 0 aliphatic carbocycles. The minimum absolute atomic E-state index is 0.198. The average Bonchev–Trinajstić information content (AvgIpc) is 3.21. The van der Waals surface area contributed by atoms with Gasteiger partial charge in [-0.15, -0.1) is 0 Å². The summed E-state index contributed by atoms with van der Waals surface area (Å²) < 4.78 is 11.8. The Bertz CT molecular complexity index is 1220. The number of hydrogen-bond acceptors (Lipinski definition) is 6. The first-order chi connectivity index (χ1) is 15.0. The quantitative estimate of drug-likeness (QED) is 0.420. The van der Waals surface area contributed by atoms with Gasteiger partial charge < -0.3 is 9.47 Å². The van der Waals surface area contributed by atoms with Crippen molar-refractivity contribution in [3.63, 3.8) is 0 Å². The SMILES string of the molecule is COc1cc(OC)cc(C(=O)N(Cc2ccccn2)c2nc3c(C)cc(C)cc3s2)c1. The van der Waals surface area contributed by atoms with E-state index in [0.717, 1.165) is 21.5 Å². The number of carbonyl (C=O) groups is 1. The zero-order chi connectivity index (χ0) is 22.0. The largest absolute Gasteiger partial charge is 0.497 e. The number of thiazole rings is 1. The van der Waals surface area contributed by atoms with Gasteiger partial charge in [0.05, 0.1) is 36.7 Å². The van der Waals surface area contributed by atoms with Crippen molar-refractivity contribution in [3.05, 3.63) is 77.1 Å². The molecule has 2 aromatic heterocycles. The van der Waals surface area contributed by atoms with Gasteiger partial charge in [-0.1, -0.05) is 23.5 Å². The predicted octanol–water partition coefficient (Wildman–Crippen LogP) is 5.17. The van der Waals surface area contributed by atoms with E-state index in [4.69, 9.17) is 14.5 Å². The highest BCUT2D eigenvalue weighted by molar-refractivity contribution is 7.22. The van der Waals surface area contributed by atoms with Crippen LogP contribution in [0.25, 0.3) is 10.2 Å². The molecule has 1 amide bonds. The summed E-state index contributed by atoms with van der Waals surface area (Å²) in [5, 5.41) is 0.626. The lowest BCUT2D eigenvalue weighted by Crippen LogP contribution is -2.30. The Morgan fingerprint density at radius 2 is 1.77 bits per heavy atom. The minimum Gasteiger partial charge on any atom is -0.497 e. The first-order valence-corrected chi connectivity index (χ1v) is 10.6. The van der Waals surface area contributed by atoms with Gasteiger partial charge in [0, 0.05) is 17.8 Å². The minimum atomic E-state index is -0.198. The van der Waals surface area contributed by atoms with E-state index >= 15 is 0 Å². The molecule has 0 spiro atoms. The lowest BCUT2D eigenvalue weighted by atomic mass is 10.1. The first-order valence-electron chi connectivity index (χ1n) is 9.81. The molecule has 0 atom stereocenters. The highest BCUT2D eigenvalue weighted by Gasteiger charge is 2.24. The molecule has 0 saturated carbocycles. The topological polar surface area (TPSA) is 64.6 Å². The molecular formula is C24H23N3O3S. The summed E-state index contributed by atoms with van der Waals surface area (Å²) in [6.07, 6.45) is 1.72. The van der Waals surface area contributed by atoms with Gasteiger partial charge in [0.2, 0.25) is 0 Å². The molecule has 0 radical (unpaired) electrons. The maximum absolute atomic E-state index is 13.7. The van der Waals surface area contributed by atoms with Crippen LogP contribution in [0.5, 0.6) is 11.5 Å². The highest BCUT2D eigenvalue weighted by atomic mass is 32.1. The van der Waals surface area contributed by atoms with Gasteiger partial charge in [-0.3, -0.25) is 14.7 Å². The Kier molecular flexibility index (Phi) is 5.86. The zero-order valence-electron chi connectivity index (χ0n) is 17.9. The summed E-state index contributed by atoms with van der Waals surface area (Å²) in [6, 6.07) is 15.0. The summed E-state index contributed by atoms with van der Waals surface area (Å²) >= 11 is 1.50. The van der Waals surface area contributed by atoms with E-state index in [2.05, 4.69) is 24.0 Å². The van der Waals surface area contributed by atoms with Crippen LogP contribution in [0.1, 0.15) is 27.2 Å². The van der Waals surface area contributed by atoms with Crippen molar-refractivity contribution in [2.75, 3.05) is 19.1 Å². The van der Waals surface area contributed by atoms with Crippen LogP contribution in [0.3, 0.4) is 0 Å². The summed E-state index contributed by atoms with van der Waals surface area (Å²) in [4.78, 5) is 24.6. The Labute approximate surface area is 185 Å². The van der Waals surface area contributed by atoms with Crippen molar-refractivity contribution < 1.29 is 14.3 Å². The Hall–Kier alpha value is -3.45. The molecule has 4 aromatic rings. The van der Waals surface area contributed by atoms with Crippen LogP contribution in [0.15, 0.2) is 54.7 Å². The number of rotatable bonds is 6. The third kappa shape index (κ3) is 4.36. The van der Waals surface area contributed by atoms with Crippen LogP contribution >= 0.6 is 11.3 Å². The number of hydrogen-bond donors (Lipinski definition) is 0. The lowest BCUT2D eigenvalue weighted by Gasteiger charge is -2.20. The predicted molar refractivity (Wildman–Crippen MR) is 123 cm³/mol. The molecule has 7 heteroatoms. The number of aryl methyl sites for hydroxylation is 2. The van der Waals surface area contributed by atoms with Crippen LogP contribution in [-0.2, 0) is 6.54 Å². The summed E-state index contributed by atoms with van der Waals surface area (Å²) in [6.45, 7) is 4.40. The van der Waals surface area contributed by atoms with Gasteiger partial charge >= 0.3 is 0 Å². The number of benzene rings is 2. The summed E-state index contributed by atoms with van der Waals surface area (Å²) in [5.74, 6) is 0.906. The molecule has 0 saturated heterocycles. The number of methoxy groups -OCH3 is 2. The van der Waals surface area contributed by atoms with E-state index in [1.54, 1.807) is 43.5 Å². The van der Waals surface area contributed by atoms with Gasteiger partial charge in [0.15, 0.2) is 5.13 Å². The molecule has 6 nitrogen and oxygen atoms in total. The first kappa shape index (κ1) is 20.8. The van der Waals surface area contributed by atoms with Crippen LogP contribution in [0, 0.1) is 13.8 Å². The molecule has 0 fully saturated rings. The molecule has 0 bridgehead atoms. The van der Waals surface area contributed by atoms with E-state index < -0.39 is 0 Å². The molecule has 2 heterocycles. The van der Waals surface area contributed by atoms with Gasteiger partial charge in [-0.25, -0.2) is 4.98 Å². The van der Waals surface area contributed by atoms with Gasteiger partial charge in [0.1, 0.15) is 11.5 Å². The fourth-order valence-corrected chi connectivity index (χ4v) is 4.58. The molecule has 0 N–H and O–H groups in total. The number of carbonyl (C=O) groups excluding carboxylic acids is 1. The number of anilines is 1. The lowest BCUT2D eigenvalue weighted by molar-refractivity contribution is 0.0984. The molecule has 2 aromatic carbocycles. The number of pyridine rings is 1. The van der Waals surface area contributed by atoms with Crippen LogP contribution in [-0.4, -0.2) is 30.1 Å². The molecule has 0 unspecified atom stereocenters. The second-order valence-electron chi connectivity index (χ2n) is 7.24. The number of nitrogens with zero attached hydrogens (tertiary/aromatic N) is 3. The molecule has 0 aliphatic heterocycles. The van der Waals surface area contributed by atoms with Crippen molar-refractivity contribution >= 4 is 32.6 Å². The zero-order valence-corrected chi connectivity index (χ0v) is 18.7. The molecule has 0 aliphatic rings. The van der Waals surface area contributed by atoms with E-state index in [0.29, 0.717) is 28.7 Å². The maximum Gasteiger partial charge on any atom is 0.260 e. The standard InChI is InChI=1S/C24H23N3O3S/c1-15-9-16(2)22-21(10-15)31-24(26-22)27(14-18-7-5-6-8-25-18)23(28)17-11-19(29-3)13-20(12-17)30-4/h5-13H,14H2,1-4H3. The highest BCUT2D eigenvalue weighted by Crippen LogP contribution is 2.34. The fraction of sp³-hybridized carbons (Fsp3) is 0.208. The Morgan fingerprint density at radius 3 is 2.42 bits per heavy atom. The molecular weight excluding hydrogens is 410 g/mol. The third-order valence-electron chi connectivity index (χ3n) is 4.94. The molecule has 158 valence electrons.